The number of nitriles is 1. The summed E-state index contributed by atoms with van der Waals surface area (Å²) in [6, 6.07) is 11.5. The monoisotopic (exact) mass is 411 g/mol. The van der Waals surface area contributed by atoms with Crippen LogP contribution in [0.2, 0.25) is 0 Å². The minimum Gasteiger partial charge on any atom is -0.369 e. The number of nitrogens with zero attached hydrogens (tertiary/aromatic N) is 5. The van der Waals surface area contributed by atoms with E-state index < -0.39 is 17.7 Å². The molecule has 0 radical (unpaired) electrons. The first kappa shape index (κ1) is 18.9. The van der Waals surface area contributed by atoms with Crippen molar-refractivity contribution in [2.24, 2.45) is 5.92 Å². The van der Waals surface area contributed by atoms with E-state index in [0.29, 0.717) is 36.1 Å². The van der Waals surface area contributed by atoms with Crippen molar-refractivity contribution in [3.63, 3.8) is 0 Å². The summed E-state index contributed by atoms with van der Waals surface area (Å²) < 4.78 is 43.0. The first-order chi connectivity index (χ1) is 14.5. The van der Waals surface area contributed by atoms with Crippen LogP contribution in [0.15, 0.2) is 36.5 Å². The summed E-state index contributed by atoms with van der Waals surface area (Å²) in [5, 5.41) is 16.8. The molecular weight excluding hydrogens is 391 g/mol. The van der Waals surface area contributed by atoms with Crippen LogP contribution in [0.1, 0.15) is 42.1 Å². The second-order valence-electron chi connectivity index (χ2n) is 8.19. The number of fused-ring (bicyclic) bond motifs is 1. The third-order valence-electron chi connectivity index (χ3n) is 6.30. The van der Waals surface area contributed by atoms with Gasteiger partial charge in [0.25, 0.3) is 5.92 Å². The Labute approximate surface area is 171 Å². The normalized spacial score (nSPS) is 21.0. The van der Waals surface area contributed by atoms with Crippen LogP contribution < -0.4 is 4.90 Å². The Morgan fingerprint density at radius 3 is 2.43 bits per heavy atom. The van der Waals surface area contributed by atoms with E-state index in [-0.39, 0.29) is 18.5 Å². The number of piperidine rings is 1. The van der Waals surface area contributed by atoms with Crippen molar-refractivity contribution in [3.8, 4) is 6.07 Å². The van der Waals surface area contributed by atoms with Gasteiger partial charge in [-0.1, -0.05) is 12.1 Å². The van der Waals surface area contributed by atoms with Crippen molar-refractivity contribution >= 4 is 11.3 Å². The highest BCUT2D eigenvalue weighted by Crippen LogP contribution is 2.50. The smallest absolute Gasteiger partial charge is 0.252 e. The zero-order chi connectivity index (χ0) is 20.9. The van der Waals surface area contributed by atoms with Crippen LogP contribution in [0.25, 0.3) is 5.65 Å². The van der Waals surface area contributed by atoms with Gasteiger partial charge >= 0.3 is 0 Å². The van der Waals surface area contributed by atoms with Crippen molar-refractivity contribution in [2.75, 3.05) is 18.0 Å². The van der Waals surface area contributed by atoms with E-state index in [1.807, 2.05) is 29.2 Å². The molecule has 8 heteroatoms. The van der Waals surface area contributed by atoms with Gasteiger partial charge < -0.3 is 4.90 Å². The lowest BCUT2D eigenvalue weighted by atomic mass is 9.89. The second kappa shape index (κ2) is 7.01. The molecule has 2 fully saturated rings. The van der Waals surface area contributed by atoms with Gasteiger partial charge in [-0.25, -0.2) is 13.2 Å². The van der Waals surface area contributed by atoms with Crippen molar-refractivity contribution in [1.29, 1.82) is 5.26 Å². The number of rotatable bonds is 4. The Balaban J connectivity index is 1.31. The minimum atomic E-state index is -2.64. The van der Waals surface area contributed by atoms with Crippen molar-refractivity contribution in [1.82, 2.24) is 14.6 Å². The van der Waals surface area contributed by atoms with Crippen LogP contribution in [0.5, 0.6) is 0 Å². The highest BCUT2D eigenvalue weighted by molar-refractivity contribution is 5.58. The molecule has 1 aromatic carbocycles. The maximum Gasteiger partial charge on any atom is 0.252 e. The van der Waals surface area contributed by atoms with E-state index in [1.54, 1.807) is 12.3 Å². The lowest BCUT2D eigenvalue weighted by molar-refractivity contribution is 0.0984. The summed E-state index contributed by atoms with van der Waals surface area (Å²) in [6.45, 7) is 1.40. The van der Waals surface area contributed by atoms with Crippen molar-refractivity contribution < 1.29 is 13.2 Å². The third-order valence-corrected chi connectivity index (χ3v) is 6.30. The Morgan fingerprint density at radius 1 is 1.10 bits per heavy atom. The fourth-order valence-corrected chi connectivity index (χ4v) is 4.34. The first-order valence-corrected chi connectivity index (χ1v) is 10.1. The number of pyridine rings is 1. The standard InChI is InChI=1S/C22H20F3N5/c23-20-18(7-10-30-19(27-28-21(20)30)11-17-12-22(17,24)25)29-8-5-16(6-9-29)15-3-1-14(13-26)2-4-15/h1-4,7,10,16-17H,5-6,8-9,11-12H2. The molecule has 0 spiro atoms. The largest absolute Gasteiger partial charge is 0.369 e. The molecule has 1 aliphatic heterocycles. The number of halogens is 3. The topological polar surface area (TPSA) is 57.2 Å². The third kappa shape index (κ3) is 3.28. The molecule has 1 saturated carbocycles. The summed E-state index contributed by atoms with van der Waals surface area (Å²) in [7, 11) is 0. The molecule has 154 valence electrons. The van der Waals surface area contributed by atoms with E-state index in [2.05, 4.69) is 16.3 Å². The molecule has 2 aromatic heterocycles. The zero-order valence-corrected chi connectivity index (χ0v) is 16.2. The molecule has 5 nitrogen and oxygen atoms in total. The maximum atomic E-state index is 15.1. The molecule has 3 aromatic rings. The number of alkyl halides is 2. The number of hydrogen-bond donors (Lipinski definition) is 0. The van der Waals surface area contributed by atoms with E-state index >= 15 is 4.39 Å². The van der Waals surface area contributed by atoms with Crippen LogP contribution in [-0.2, 0) is 6.42 Å². The number of hydrogen-bond acceptors (Lipinski definition) is 4. The zero-order valence-electron chi connectivity index (χ0n) is 16.2. The predicted molar refractivity (Wildman–Crippen MR) is 105 cm³/mol. The number of benzene rings is 1. The maximum absolute atomic E-state index is 15.1. The fourth-order valence-electron chi connectivity index (χ4n) is 4.34. The lowest BCUT2D eigenvalue weighted by Crippen LogP contribution is -2.33. The fraction of sp³-hybridized carbons (Fsp3) is 0.409. The van der Waals surface area contributed by atoms with Crippen LogP contribution in [0.3, 0.4) is 0 Å². The molecule has 0 bridgehead atoms. The van der Waals surface area contributed by atoms with Gasteiger partial charge in [0, 0.05) is 38.0 Å². The van der Waals surface area contributed by atoms with Gasteiger partial charge in [0.1, 0.15) is 5.82 Å². The SMILES string of the molecule is N#Cc1ccc(C2CCN(c3ccn4c(CC5CC5(F)F)nnc4c3F)CC2)cc1. The van der Waals surface area contributed by atoms with Crippen LogP contribution in [0, 0.1) is 23.1 Å². The van der Waals surface area contributed by atoms with Crippen LogP contribution in [0.4, 0.5) is 18.9 Å². The van der Waals surface area contributed by atoms with Gasteiger partial charge in [-0.15, -0.1) is 10.2 Å². The molecule has 0 amide bonds. The lowest BCUT2D eigenvalue weighted by Gasteiger charge is -2.34. The summed E-state index contributed by atoms with van der Waals surface area (Å²) in [6.07, 6.45) is 3.40. The second-order valence-corrected chi connectivity index (χ2v) is 8.19. The first-order valence-electron chi connectivity index (χ1n) is 10.1. The molecule has 30 heavy (non-hydrogen) atoms. The highest BCUT2D eigenvalue weighted by Gasteiger charge is 2.56. The average molecular weight is 411 g/mol. The van der Waals surface area contributed by atoms with Crippen LogP contribution >= 0.6 is 0 Å². The number of anilines is 1. The average Bonchev–Trinajstić information content (AvgIpc) is 3.16. The molecular formula is C22H20F3N5. The highest BCUT2D eigenvalue weighted by atomic mass is 19.3. The predicted octanol–water partition coefficient (Wildman–Crippen LogP) is 4.32. The molecule has 0 N–H and O–H groups in total. The van der Waals surface area contributed by atoms with E-state index in [9.17, 15) is 8.78 Å². The van der Waals surface area contributed by atoms with Gasteiger partial charge in [0.05, 0.1) is 17.3 Å². The van der Waals surface area contributed by atoms with Crippen molar-refractivity contribution in [3.05, 3.63) is 59.3 Å². The summed E-state index contributed by atoms with van der Waals surface area (Å²) in [4.78, 5) is 2.00. The van der Waals surface area contributed by atoms with E-state index in [1.165, 1.54) is 9.96 Å². The molecule has 1 atom stereocenters. The summed E-state index contributed by atoms with van der Waals surface area (Å²) in [5.41, 5.74) is 2.39. The van der Waals surface area contributed by atoms with Gasteiger partial charge in [-0.2, -0.15) is 5.26 Å². The minimum absolute atomic E-state index is 0.0840. The van der Waals surface area contributed by atoms with Gasteiger partial charge in [0.15, 0.2) is 11.5 Å². The Kier molecular flexibility index (Phi) is 4.42. The quantitative estimate of drug-likeness (QED) is 0.642. The van der Waals surface area contributed by atoms with Crippen LogP contribution in [-0.4, -0.2) is 33.6 Å². The van der Waals surface area contributed by atoms with Gasteiger partial charge in [-0.3, -0.25) is 4.40 Å². The molecule has 1 unspecified atom stereocenters. The molecule has 1 aliphatic carbocycles. The van der Waals surface area contributed by atoms with Gasteiger partial charge in [-0.05, 0) is 42.5 Å². The van der Waals surface area contributed by atoms with E-state index in [4.69, 9.17) is 5.26 Å². The Morgan fingerprint density at radius 2 is 1.80 bits per heavy atom. The van der Waals surface area contributed by atoms with E-state index in [0.717, 1.165) is 12.8 Å². The summed E-state index contributed by atoms with van der Waals surface area (Å²) in [5.74, 6) is -3.08. The van der Waals surface area contributed by atoms with Gasteiger partial charge in [0.2, 0.25) is 0 Å². The molecule has 3 heterocycles. The number of aromatic nitrogens is 3. The van der Waals surface area contributed by atoms with Crippen molar-refractivity contribution in [2.45, 2.75) is 37.5 Å². The molecule has 5 rings (SSSR count). The molecule has 1 saturated heterocycles. The Bertz CT molecular complexity index is 1120. The molecule has 2 aliphatic rings. The summed E-state index contributed by atoms with van der Waals surface area (Å²) >= 11 is 0. The Hall–Kier alpha value is -3.08.